The smallest absolute Gasteiger partial charge is 0.246 e. The van der Waals surface area contributed by atoms with Crippen LogP contribution in [0.2, 0.25) is 0 Å². The van der Waals surface area contributed by atoms with Gasteiger partial charge in [0.1, 0.15) is 0 Å². The molecule has 1 fully saturated rings. The average molecular weight is 254 g/mol. The van der Waals surface area contributed by atoms with Crippen LogP contribution in [0.15, 0.2) is 12.2 Å². The summed E-state index contributed by atoms with van der Waals surface area (Å²) in [6.07, 6.45) is 6.03. The van der Waals surface area contributed by atoms with Crippen LogP contribution in [0.25, 0.3) is 0 Å². The maximum absolute atomic E-state index is 11.9. The van der Waals surface area contributed by atoms with Crippen LogP contribution in [0.3, 0.4) is 0 Å². The van der Waals surface area contributed by atoms with Crippen molar-refractivity contribution < 1.29 is 9.53 Å². The number of hydrogen-bond donors (Lipinski definition) is 0. The van der Waals surface area contributed by atoms with E-state index in [1.807, 2.05) is 18.0 Å². The first-order valence-corrected chi connectivity index (χ1v) is 6.76. The summed E-state index contributed by atoms with van der Waals surface area (Å²) in [4.78, 5) is 16.0. The first kappa shape index (κ1) is 15.2. The lowest BCUT2D eigenvalue weighted by atomic mass is 10.0. The Bertz CT molecular complexity index is 279. The summed E-state index contributed by atoms with van der Waals surface area (Å²) in [6.45, 7) is 6.42. The van der Waals surface area contributed by atoms with E-state index in [9.17, 15) is 4.79 Å². The molecule has 0 N–H and O–H groups in total. The van der Waals surface area contributed by atoms with E-state index in [1.54, 1.807) is 13.2 Å². The Hall–Kier alpha value is -0.870. The average Bonchev–Trinajstić information content (AvgIpc) is 2.36. The van der Waals surface area contributed by atoms with Crippen LogP contribution in [-0.2, 0) is 9.53 Å². The zero-order valence-electron chi connectivity index (χ0n) is 11.9. The molecule has 0 aromatic heterocycles. The van der Waals surface area contributed by atoms with Crippen LogP contribution in [0.4, 0.5) is 0 Å². The largest absolute Gasteiger partial charge is 0.383 e. The van der Waals surface area contributed by atoms with Crippen molar-refractivity contribution in [2.45, 2.75) is 19.8 Å². The predicted octanol–water partition coefficient (Wildman–Crippen LogP) is 1.38. The maximum Gasteiger partial charge on any atom is 0.246 e. The molecule has 0 radical (unpaired) electrons. The van der Waals surface area contributed by atoms with E-state index < -0.39 is 0 Å². The molecule has 0 aromatic carbocycles. The first-order chi connectivity index (χ1) is 8.63. The fraction of sp³-hybridized carbons (Fsp3) is 0.786. The number of ether oxygens (including phenoxy) is 1. The summed E-state index contributed by atoms with van der Waals surface area (Å²) in [6, 6.07) is 0. The summed E-state index contributed by atoms with van der Waals surface area (Å²) in [5.41, 5.74) is 0. The highest BCUT2D eigenvalue weighted by molar-refractivity contribution is 5.87. The van der Waals surface area contributed by atoms with Gasteiger partial charge in [-0.3, -0.25) is 4.79 Å². The summed E-state index contributed by atoms with van der Waals surface area (Å²) in [5.74, 6) is 0.794. The molecule has 1 unspecified atom stereocenters. The second-order valence-electron chi connectivity index (χ2n) is 5.19. The molecule has 0 spiro atoms. The third-order valence-corrected chi connectivity index (χ3v) is 3.32. The van der Waals surface area contributed by atoms with Gasteiger partial charge in [-0.1, -0.05) is 13.0 Å². The van der Waals surface area contributed by atoms with Crippen molar-refractivity contribution in [1.29, 1.82) is 0 Å². The fourth-order valence-corrected chi connectivity index (χ4v) is 2.17. The van der Waals surface area contributed by atoms with Crippen LogP contribution in [0.5, 0.6) is 0 Å². The van der Waals surface area contributed by atoms with Crippen LogP contribution < -0.4 is 0 Å². The van der Waals surface area contributed by atoms with Gasteiger partial charge < -0.3 is 14.5 Å². The number of methoxy groups -OCH3 is 1. The standard InChI is InChI=1S/C14H26N2O2/c1-13-6-4-9-16(12-13)14(17)7-5-8-15(2)10-11-18-3/h5,7,13H,4,6,8-12H2,1-3H3. The molecule has 1 saturated heterocycles. The quantitative estimate of drug-likeness (QED) is 0.671. The van der Waals surface area contributed by atoms with Gasteiger partial charge >= 0.3 is 0 Å². The Balaban J connectivity index is 2.26. The van der Waals surface area contributed by atoms with Gasteiger partial charge in [0, 0.05) is 39.4 Å². The van der Waals surface area contributed by atoms with Crippen molar-refractivity contribution in [1.82, 2.24) is 9.80 Å². The molecule has 1 aliphatic rings. The van der Waals surface area contributed by atoms with E-state index in [4.69, 9.17) is 4.74 Å². The summed E-state index contributed by atoms with van der Waals surface area (Å²) in [5, 5.41) is 0. The maximum atomic E-state index is 11.9. The molecular weight excluding hydrogens is 228 g/mol. The van der Waals surface area contributed by atoms with Gasteiger partial charge in [-0.2, -0.15) is 0 Å². The lowest BCUT2D eigenvalue weighted by Crippen LogP contribution is -2.38. The Morgan fingerprint density at radius 2 is 2.33 bits per heavy atom. The Morgan fingerprint density at radius 3 is 3.00 bits per heavy atom. The van der Waals surface area contributed by atoms with Gasteiger partial charge in [-0.15, -0.1) is 0 Å². The van der Waals surface area contributed by atoms with Gasteiger partial charge in [0.15, 0.2) is 0 Å². The Labute approximate surface area is 111 Å². The number of amides is 1. The number of piperidine rings is 1. The van der Waals surface area contributed by atoms with Crippen LogP contribution in [-0.4, -0.2) is 62.7 Å². The van der Waals surface area contributed by atoms with Crippen LogP contribution in [0, 0.1) is 5.92 Å². The van der Waals surface area contributed by atoms with Crippen molar-refractivity contribution in [3.63, 3.8) is 0 Å². The number of carbonyl (C=O) groups is 1. The highest BCUT2D eigenvalue weighted by Crippen LogP contribution is 2.15. The molecule has 1 rings (SSSR count). The van der Waals surface area contributed by atoms with Gasteiger partial charge in [-0.05, 0) is 25.8 Å². The highest BCUT2D eigenvalue weighted by Gasteiger charge is 2.18. The number of likely N-dealkylation sites (N-methyl/N-ethyl adjacent to an activating group) is 1. The fourth-order valence-electron chi connectivity index (χ4n) is 2.17. The van der Waals surface area contributed by atoms with Gasteiger partial charge in [0.25, 0.3) is 0 Å². The zero-order chi connectivity index (χ0) is 13.4. The molecule has 4 heteroatoms. The third-order valence-electron chi connectivity index (χ3n) is 3.32. The van der Waals surface area contributed by atoms with Crippen molar-refractivity contribution in [2.75, 3.05) is 46.9 Å². The van der Waals surface area contributed by atoms with E-state index in [2.05, 4.69) is 11.8 Å². The molecule has 18 heavy (non-hydrogen) atoms. The van der Waals surface area contributed by atoms with E-state index in [0.717, 1.165) is 39.2 Å². The van der Waals surface area contributed by atoms with Gasteiger partial charge in [-0.25, -0.2) is 0 Å². The van der Waals surface area contributed by atoms with E-state index in [1.165, 1.54) is 6.42 Å². The molecular formula is C14H26N2O2. The molecule has 0 aromatic rings. The highest BCUT2D eigenvalue weighted by atomic mass is 16.5. The zero-order valence-corrected chi connectivity index (χ0v) is 11.9. The normalized spacial score (nSPS) is 20.9. The first-order valence-electron chi connectivity index (χ1n) is 6.76. The molecule has 0 saturated carbocycles. The molecule has 1 atom stereocenters. The van der Waals surface area contributed by atoms with Crippen molar-refractivity contribution in [3.8, 4) is 0 Å². The Kier molecular flexibility index (Phi) is 6.98. The molecule has 0 aliphatic carbocycles. The predicted molar refractivity (Wildman–Crippen MR) is 73.5 cm³/mol. The number of likely N-dealkylation sites (tertiary alicyclic amines) is 1. The number of nitrogens with zero attached hydrogens (tertiary/aromatic N) is 2. The molecule has 0 bridgehead atoms. The SMILES string of the molecule is COCCN(C)CC=CC(=O)N1CCCC(C)C1. The monoisotopic (exact) mass is 254 g/mol. The van der Waals surface area contributed by atoms with Crippen molar-refractivity contribution >= 4 is 5.91 Å². The Morgan fingerprint density at radius 1 is 1.56 bits per heavy atom. The molecule has 104 valence electrons. The minimum absolute atomic E-state index is 0.154. The van der Waals surface area contributed by atoms with Crippen LogP contribution in [0.1, 0.15) is 19.8 Å². The second kappa shape index (κ2) is 8.27. The minimum atomic E-state index is 0.154. The van der Waals surface area contributed by atoms with E-state index in [0.29, 0.717) is 5.92 Å². The van der Waals surface area contributed by atoms with E-state index in [-0.39, 0.29) is 5.91 Å². The molecule has 1 heterocycles. The number of carbonyl (C=O) groups excluding carboxylic acids is 1. The molecule has 1 aliphatic heterocycles. The summed E-state index contributed by atoms with van der Waals surface area (Å²) in [7, 11) is 3.72. The lowest BCUT2D eigenvalue weighted by molar-refractivity contribution is -0.127. The minimum Gasteiger partial charge on any atom is -0.383 e. The van der Waals surface area contributed by atoms with E-state index >= 15 is 0 Å². The molecule has 4 nitrogen and oxygen atoms in total. The summed E-state index contributed by atoms with van der Waals surface area (Å²) >= 11 is 0. The van der Waals surface area contributed by atoms with Gasteiger partial charge in [0.2, 0.25) is 5.91 Å². The second-order valence-corrected chi connectivity index (χ2v) is 5.19. The number of rotatable bonds is 6. The van der Waals surface area contributed by atoms with Crippen molar-refractivity contribution in [2.24, 2.45) is 5.92 Å². The number of hydrogen-bond acceptors (Lipinski definition) is 3. The topological polar surface area (TPSA) is 32.8 Å². The summed E-state index contributed by atoms with van der Waals surface area (Å²) < 4.78 is 5.01. The van der Waals surface area contributed by atoms with Gasteiger partial charge in [0.05, 0.1) is 6.61 Å². The van der Waals surface area contributed by atoms with Crippen LogP contribution >= 0.6 is 0 Å². The molecule has 1 amide bonds. The third kappa shape index (κ3) is 5.65. The van der Waals surface area contributed by atoms with Crippen molar-refractivity contribution in [3.05, 3.63) is 12.2 Å². The lowest BCUT2D eigenvalue weighted by Gasteiger charge is -2.30.